The van der Waals surface area contributed by atoms with Gasteiger partial charge in [0.05, 0.1) is 17.6 Å². The number of nitrogens with one attached hydrogen (secondary N) is 1. The number of ether oxygens (including phenoxy) is 1. The first-order valence-electron chi connectivity index (χ1n) is 8.44. The van der Waals surface area contributed by atoms with E-state index in [0.717, 1.165) is 0 Å². The summed E-state index contributed by atoms with van der Waals surface area (Å²) >= 11 is 0. The predicted octanol–water partition coefficient (Wildman–Crippen LogP) is 1.71. The van der Waals surface area contributed by atoms with E-state index in [4.69, 9.17) is 4.74 Å². The van der Waals surface area contributed by atoms with Gasteiger partial charge in [0.15, 0.2) is 0 Å². The Balaban J connectivity index is 3.30. The van der Waals surface area contributed by atoms with Crippen molar-refractivity contribution in [1.29, 1.82) is 0 Å². The molecule has 146 valence electrons. The van der Waals surface area contributed by atoms with E-state index >= 15 is 0 Å². The molecule has 2 N–H and O–H groups in total. The van der Waals surface area contributed by atoms with E-state index in [1.807, 2.05) is 0 Å². The maximum atomic E-state index is 12.7. The third-order valence-corrected chi connectivity index (χ3v) is 5.99. The van der Waals surface area contributed by atoms with Gasteiger partial charge in [-0.3, -0.25) is 4.79 Å². The molecule has 8 nitrogen and oxygen atoms in total. The SMILES string of the molecule is CCCC(NC(=O)c1cc(S(=O)(=O)N(CC)CC)ccc1OC)C(=O)O. The van der Waals surface area contributed by atoms with Crippen LogP contribution in [0.15, 0.2) is 23.1 Å². The summed E-state index contributed by atoms with van der Waals surface area (Å²) in [5.41, 5.74) is -0.0249. The molecule has 0 heterocycles. The number of nitrogens with zero attached hydrogens (tertiary/aromatic N) is 1. The van der Waals surface area contributed by atoms with E-state index < -0.39 is 27.9 Å². The zero-order chi connectivity index (χ0) is 19.9. The molecule has 1 aromatic rings. The molecule has 1 atom stereocenters. The van der Waals surface area contributed by atoms with Crippen molar-refractivity contribution in [3.8, 4) is 5.75 Å². The van der Waals surface area contributed by atoms with Gasteiger partial charge in [0.2, 0.25) is 10.0 Å². The highest BCUT2D eigenvalue weighted by Gasteiger charge is 2.26. The van der Waals surface area contributed by atoms with E-state index in [1.54, 1.807) is 20.8 Å². The van der Waals surface area contributed by atoms with E-state index in [1.165, 1.54) is 29.6 Å². The monoisotopic (exact) mass is 386 g/mol. The van der Waals surface area contributed by atoms with Gasteiger partial charge in [-0.15, -0.1) is 0 Å². The normalized spacial score (nSPS) is 12.7. The van der Waals surface area contributed by atoms with Crippen LogP contribution in [0, 0.1) is 0 Å². The lowest BCUT2D eigenvalue weighted by Gasteiger charge is -2.20. The van der Waals surface area contributed by atoms with Crippen LogP contribution in [0.1, 0.15) is 44.0 Å². The second kappa shape index (κ2) is 9.54. The van der Waals surface area contributed by atoms with Gasteiger partial charge < -0.3 is 15.2 Å². The molecule has 0 aromatic heterocycles. The highest BCUT2D eigenvalue weighted by Crippen LogP contribution is 2.25. The standard InChI is InChI=1S/C17H26N2O6S/c1-5-8-14(17(21)22)18-16(20)13-11-12(9-10-15(13)25-4)26(23,24)19(6-2)7-3/h9-11,14H,5-8H2,1-4H3,(H,18,20)(H,21,22). The number of methoxy groups -OCH3 is 1. The van der Waals surface area contributed by atoms with E-state index in [9.17, 15) is 23.1 Å². The maximum absolute atomic E-state index is 12.7. The van der Waals surface area contributed by atoms with Crippen molar-refractivity contribution in [2.45, 2.75) is 44.6 Å². The first-order chi connectivity index (χ1) is 12.2. The number of carbonyl (C=O) groups excluding carboxylic acids is 1. The summed E-state index contributed by atoms with van der Waals surface area (Å²) in [5, 5.41) is 11.6. The van der Waals surface area contributed by atoms with Gasteiger partial charge in [-0.1, -0.05) is 27.2 Å². The molecule has 0 saturated heterocycles. The number of sulfonamides is 1. The lowest BCUT2D eigenvalue weighted by atomic mass is 10.1. The van der Waals surface area contributed by atoms with E-state index in [2.05, 4.69) is 5.32 Å². The Kier molecular flexibility index (Phi) is 8.04. The van der Waals surface area contributed by atoms with Crippen LogP contribution in [-0.4, -0.2) is 55.9 Å². The molecule has 0 spiro atoms. The summed E-state index contributed by atoms with van der Waals surface area (Å²) in [5.74, 6) is -1.67. The van der Waals surface area contributed by atoms with E-state index in [0.29, 0.717) is 19.5 Å². The maximum Gasteiger partial charge on any atom is 0.326 e. The van der Waals surface area contributed by atoms with Crippen LogP contribution in [0.25, 0.3) is 0 Å². The Morgan fingerprint density at radius 1 is 1.23 bits per heavy atom. The summed E-state index contributed by atoms with van der Waals surface area (Å²) < 4.78 is 31.7. The molecular weight excluding hydrogens is 360 g/mol. The summed E-state index contributed by atoms with van der Waals surface area (Å²) in [4.78, 5) is 23.7. The second-order valence-corrected chi connectivity index (χ2v) is 7.54. The molecule has 0 radical (unpaired) electrons. The highest BCUT2D eigenvalue weighted by atomic mass is 32.2. The number of rotatable bonds is 10. The lowest BCUT2D eigenvalue weighted by Crippen LogP contribution is -2.40. The minimum atomic E-state index is -3.76. The van der Waals surface area contributed by atoms with E-state index in [-0.39, 0.29) is 22.6 Å². The van der Waals surface area contributed by atoms with Crippen LogP contribution in [0.4, 0.5) is 0 Å². The summed E-state index contributed by atoms with van der Waals surface area (Å²) in [6.45, 7) is 5.84. The van der Waals surface area contributed by atoms with Crippen LogP contribution >= 0.6 is 0 Å². The number of hydrogen-bond acceptors (Lipinski definition) is 5. The van der Waals surface area contributed by atoms with Crippen LogP contribution in [0.2, 0.25) is 0 Å². The van der Waals surface area contributed by atoms with Crippen molar-refractivity contribution in [2.75, 3.05) is 20.2 Å². The Morgan fingerprint density at radius 3 is 2.31 bits per heavy atom. The Hall–Kier alpha value is -2.13. The summed E-state index contributed by atoms with van der Waals surface area (Å²) in [7, 11) is -2.40. The second-order valence-electron chi connectivity index (χ2n) is 5.60. The molecule has 1 amide bonds. The van der Waals surface area contributed by atoms with Gasteiger partial charge in [-0.2, -0.15) is 4.31 Å². The minimum absolute atomic E-state index is 0.0249. The number of carboxylic acid groups (broad SMARTS) is 1. The van der Waals surface area contributed by atoms with Crippen LogP contribution in [0.3, 0.4) is 0 Å². The smallest absolute Gasteiger partial charge is 0.326 e. The molecule has 0 fully saturated rings. The third-order valence-electron chi connectivity index (χ3n) is 3.94. The van der Waals surface area contributed by atoms with Crippen molar-refractivity contribution >= 4 is 21.9 Å². The predicted molar refractivity (Wildman–Crippen MR) is 96.9 cm³/mol. The summed E-state index contributed by atoms with van der Waals surface area (Å²) in [6, 6.07) is 2.91. The van der Waals surface area contributed by atoms with Gasteiger partial charge in [-0.05, 0) is 24.6 Å². The largest absolute Gasteiger partial charge is 0.496 e. The topological polar surface area (TPSA) is 113 Å². The number of carbonyl (C=O) groups is 2. The van der Waals surface area contributed by atoms with Crippen molar-refractivity contribution in [1.82, 2.24) is 9.62 Å². The van der Waals surface area contributed by atoms with Gasteiger partial charge in [-0.25, -0.2) is 13.2 Å². The molecule has 1 rings (SSSR count). The average Bonchev–Trinajstić information content (AvgIpc) is 2.61. The zero-order valence-electron chi connectivity index (χ0n) is 15.5. The first kappa shape index (κ1) is 21.9. The zero-order valence-corrected chi connectivity index (χ0v) is 16.3. The fraction of sp³-hybridized carbons (Fsp3) is 0.529. The Morgan fingerprint density at radius 2 is 1.85 bits per heavy atom. The Labute approximate surface area is 154 Å². The average molecular weight is 386 g/mol. The van der Waals surface area contributed by atoms with Gasteiger partial charge in [0.1, 0.15) is 11.8 Å². The molecule has 0 aliphatic rings. The molecule has 9 heteroatoms. The molecule has 1 unspecified atom stereocenters. The number of aliphatic carboxylic acids is 1. The van der Waals surface area contributed by atoms with Crippen molar-refractivity contribution in [3.05, 3.63) is 23.8 Å². The molecular formula is C17H26N2O6S. The minimum Gasteiger partial charge on any atom is -0.496 e. The van der Waals surface area contributed by atoms with Gasteiger partial charge >= 0.3 is 5.97 Å². The van der Waals surface area contributed by atoms with Crippen molar-refractivity contribution < 1.29 is 27.9 Å². The molecule has 0 bridgehead atoms. The summed E-state index contributed by atoms with van der Waals surface area (Å²) in [6.07, 6.45) is 0.839. The Bertz CT molecular complexity index is 744. The molecule has 0 aliphatic heterocycles. The number of carboxylic acids is 1. The molecule has 0 saturated carbocycles. The highest BCUT2D eigenvalue weighted by molar-refractivity contribution is 7.89. The number of hydrogen-bond donors (Lipinski definition) is 2. The molecule has 1 aromatic carbocycles. The number of benzene rings is 1. The third kappa shape index (κ3) is 4.95. The van der Waals surface area contributed by atoms with Crippen molar-refractivity contribution in [3.63, 3.8) is 0 Å². The van der Waals surface area contributed by atoms with Crippen LogP contribution in [-0.2, 0) is 14.8 Å². The van der Waals surface area contributed by atoms with Gasteiger partial charge in [0.25, 0.3) is 5.91 Å². The fourth-order valence-corrected chi connectivity index (χ4v) is 4.00. The molecule has 26 heavy (non-hydrogen) atoms. The fourth-order valence-electron chi connectivity index (χ4n) is 2.52. The van der Waals surface area contributed by atoms with Crippen LogP contribution in [0.5, 0.6) is 5.75 Å². The lowest BCUT2D eigenvalue weighted by molar-refractivity contribution is -0.139. The number of amides is 1. The van der Waals surface area contributed by atoms with Crippen LogP contribution < -0.4 is 10.1 Å². The first-order valence-corrected chi connectivity index (χ1v) is 9.88. The van der Waals surface area contributed by atoms with Crippen molar-refractivity contribution in [2.24, 2.45) is 0 Å². The van der Waals surface area contributed by atoms with Gasteiger partial charge in [0, 0.05) is 13.1 Å². The quantitative estimate of drug-likeness (QED) is 0.633. The molecule has 0 aliphatic carbocycles.